The fourth-order valence-corrected chi connectivity index (χ4v) is 3.84. The summed E-state index contributed by atoms with van der Waals surface area (Å²) < 4.78 is 47.0. The summed E-state index contributed by atoms with van der Waals surface area (Å²) in [5.41, 5.74) is 2.76. The van der Waals surface area contributed by atoms with Crippen molar-refractivity contribution in [2.24, 2.45) is 0 Å². The molecule has 3 aromatic carbocycles. The van der Waals surface area contributed by atoms with Gasteiger partial charge < -0.3 is 19.3 Å². The van der Waals surface area contributed by atoms with Gasteiger partial charge in [0.25, 0.3) is 10.1 Å². The van der Waals surface area contributed by atoms with E-state index in [1.165, 1.54) is 0 Å². The zero-order valence-electron chi connectivity index (χ0n) is 19.7. The number of benzene rings is 3. The number of aliphatic hydroxyl groups excluding tert-OH is 1. The number of aliphatic hydroxyl groups is 1. The van der Waals surface area contributed by atoms with E-state index in [-0.39, 0.29) is 33.0 Å². The molecule has 3 aromatic rings. The Hall–Kier alpha value is -2.59. The van der Waals surface area contributed by atoms with Gasteiger partial charge in [-0.05, 0) is 16.7 Å². The van der Waals surface area contributed by atoms with Gasteiger partial charge in [-0.1, -0.05) is 91.0 Å². The molecule has 0 aromatic heterocycles. The standard InChI is InChI=1S/C27H32O7S/c1-35(29,30)34-21-26(32-19-23-13-7-3-8-14-23)27(33-20-24-15-9-4-10-16-24)25(17-28)31-18-22-11-5-2-6-12-22/h2-16,25-28H,17-21H2,1H3/t25-,26-,27+/m1/s1. The summed E-state index contributed by atoms with van der Waals surface area (Å²) in [5, 5.41) is 10.2. The predicted molar refractivity (Wildman–Crippen MR) is 133 cm³/mol. The van der Waals surface area contributed by atoms with E-state index in [2.05, 4.69) is 0 Å². The summed E-state index contributed by atoms with van der Waals surface area (Å²) in [6.45, 7) is 0.0454. The van der Waals surface area contributed by atoms with E-state index < -0.39 is 28.4 Å². The topological polar surface area (TPSA) is 91.3 Å². The minimum Gasteiger partial charge on any atom is -0.394 e. The Kier molecular flexibility index (Phi) is 10.9. The Bertz CT molecular complexity index is 1080. The van der Waals surface area contributed by atoms with Gasteiger partial charge in [0.2, 0.25) is 0 Å². The first-order valence-electron chi connectivity index (χ1n) is 11.4. The first-order chi connectivity index (χ1) is 16.9. The molecule has 8 heteroatoms. The van der Waals surface area contributed by atoms with Gasteiger partial charge in [-0.15, -0.1) is 0 Å². The SMILES string of the molecule is CS(=O)(=O)OC[C@@H](OCc1ccccc1)[C@@H](OCc1ccccc1)[C@@H](CO)OCc1ccccc1. The van der Waals surface area contributed by atoms with Crippen molar-refractivity contribution >= 4 is 10.1 Å². The Morgan fingerprint density at radius 1 is 0.657 bits per heavy atom. The summed E-state index contributed by atoms with van der Waals surface area (Å²) in [6, 6.07) is 28.6. The minimum absolute atomic E-state index is 0.209. The molecule has 0 saturated carbocycles. The summed E-state index contributed by atoms with van der Waals surface area (Å²) in [6.07, 6.45) is -1.45. The van der Waals surface area contributed by atoms with Crippen LogP contribution in [0, 0.1) is 0 Å². The van der Waals surface area contributed by atoms with Crippen molar-refractivity contribution in [3.8, 4) is 0 Å². The minimum atomic E-state index is -3.73. The molecule has 3 atom stereocenters. The zero-order chi connectivity index (χ0) is 24.9. The molecular weight excluding hydrogens is 468 g/mol. The summed E-state index contributed by atoms with van der Waals surface area (Å²) >= 11 is 0. The normalized spacial score (nSPS) is 14.3. The third-order valence-corrected chi connectivity index (χ3v) is 5.82. The highest BCUT2D eigenvalue weighted by molar-refractivity contribution is 7.85. The molecule has 0 amide bonds. The van der Waals surface area contributed by atoms with Crippen molar-refractivity contribution in [1.29, 1.82) is 0 Å². The lowest BCUT2D eigenvalue weighted by atomic mass is 10.1. The van der Waals surface area contributed by atoms with E-state index in [1.807, 2.05) is 91.0 Å². The zero-order valence-corrected chi connectivity index (χ0v) is 20.5. The summed E-state index contributed by atoms with van der Waals surface area (Å²) in [4.78, 5) is 0. The second kappa shape index (κ2) is 14.1. The molecule has 0 saturated heterocycles. The van der Waals surface area contributed by atoms with Gasteiger partial charge in [-0.3, -0.25) is 4.18 Å². The number of ether oxygens (including phenoxy) is 3. The van der Waals surface area contributed by atoms with Crippen molar-refractivity contribution in [2.75, 3.05) is 19.5 Å². The van der Waals surface area contributed by atoms with Gasteiger partial charge in [-0.2, -0.15) is 8.42 Å². The number of rotatable bonds is 15. The molecule has 0 aliphatic rings. The van der Waals surface area contributed by atoms with Crippen LogP contribution in [0.2, 0.25) is 0 Å². The third-order valence-electron chi connectivity index (χ3n) is 5.26. The first-order valence-corrected chi connectivity index (χ1v) is 13.2. The fourth-order valence-electron chi connectivity index (χ4n) is 3.46. The van der Waals surface area contributed by atoms with Crippen molar-refractivity contribution < 1.29 is 31.9 Å². The van der Waals surface area contributed by atoms with Crippen LogP contribution in [0.4, 0.5) is 0 Å². The maximum atomic E-state index is 11.8. The van der Waals surface area contributed by atoms with Crippen LogP contribution in [0.3, 0.4) is 0 Å². The molecule has 0 aliphatic carbocycles. The lowest BCUT2D eigenvalue weighted by molar-refractivity contribution is -0.168. The van der Waals surface area contributed by atoms with Crippen LogP contribution in [0.1, 0.15) is 16.7 Å². The van der Waals surface area contributed by atoms with Gasteiger partial charge in [0, 0.05) is 0 Å². The van der Waals surface area contributed by atoms with E-state index in [9.17, 15) is 13.5 Å². The highest BCUT2D eigenvalue weighted by Crippen LogP contribution is 2.19. The van der Waals surface area contributed by atoms with Crippen LogP contribution < -0.4 is 0 Å². The monoisotopic (exact) mass is 500 g/mol. The Balaban J connectivity index is 1.81. The second-order valence-corrected chi connectivity index (χ2v) is 9.75. The molecule has 0 unspecified atom stereocenters. The third kappa shape index (κ3) is 9.89. The quantitative estimate of drug-likeness (QED) is 0.318. The van der Waals surface area contributed by atoms with Crippen LogP contribution in [0.15, 0.2) is 91.0 Å². The maximum absolute atomic E-state index is 11.8. The average Bonchev–Trinajstić information content (AvgIpc) is 2.88. The van der Waals surface area contributed by atoms with Crippen LogP contribution >= 0.6 is 0 Å². The van der Waals surface area contributed by atoms with Crippen LogP contribution in [-0.2, 0) is 48.3 Å². The second-order valence-electron chi connectivity index (χ2n) is 8.10. The predicted octanol–water partition coefficient (Wildman–Crippen LogP) is 3.71. The molecule has 0 heterocycles. The van der Waals surface area contributed by atoms with Gasteiger partial charge in [0.15, 0.2) is 0 Å². The highest BCUT2D eigenvalue weighted by atomic mass is 32.2. The Morgan fingerprint density at radius 2 is 1.06 bits per heavy atom. The molecule has 0 aliphatic heterocycles. The van der Waals surface area contributed by atoms with Crippen LogP contribution in [0.25, 0.3) is 0 Å². The van der Waals surface area contributed by atoms with Gasteiger partial charge >= 0.3 is 0 Å². The van der Waals surface area contributed by atoms with Crippen LogP contribution in [-0.4, -0.2) is 51.3 Å². The van der Waals surface area contributed by atoms with E-state index in [4.69, 9.17) is 18.4 Å². The lowest BCUT2D eigenvalue weighted by Crippen LogP contribution is -2.47. The molecule has 0 fully saturated rings. The molecule has 0 bridgehead atoms. The lowest BCUT2D eigenvalue weighted by Gasteiger charge is -2.32. The molecule has 35 heavy (non-hydrogen) atoms. The molecule has 1 N–H and O–H groups in total. The molecular formula is C27H32O7S. The largest absolute Gasteiger partial charge is 0.394 e. The Morgan fingerprint density at radius 3 is 1.46 bits per heavy atom. The molecule has 7 nitrogen and oxygen atoms in total. The van der Waals surface area contributed by atoms with Crippen molar-refractivity contribution in [3.05, 3.63) is 108 Å². The summed E-state index contributed by atoms with van der Waals surface area (Å²) in [5.74, 6) is 0. The van der Waals surface area contributed by atoms with E-state index in [1.54, 1.807) is 0 Å². The maximum Gasteiger partial charge on any atom is 0.264 e. The van der Waals surface area contributed by atoms with E-state index >= 15 is 0 Å². The highest BCUT2D eigenvalue weighted by Gasteiger charge is 2.33. The molecule has 0 spiro atoms. The number of hydrogen-bond donors (Lipinski definition) is 1. The first kappa shape index (κ1) is 27.0. The smallest absolute Gasteiger partial charge is 0.264 e. The van der Waals surface area contributed by atoms with Crippen molar-refractivity contribution in [1.82, 2.24) is 0 Å². The molecule has 0 radical (unpaired) electrons. The van der Waals surface area contributed by atoms with E-state index in [0.717, 1.165) is 22.9 Å². The van der Waals surface area contributed by atoms with Gasteiger partial charge in [0.05, 0.1) is 39.3 Å². The molecule has 188 valence electrons. The summed E-state index contributed by atoms with van der Waals surface area (Å²) in [7, 11) is -3.73. The van der Waals surface area contributed by atoms with Crippen molar-refractivity contribution in [2.45, 2.75) is 38.1 Å². The van der Waals surface area contributed by atoms with Gasteiger partial charge in [0.1, 0.15) is 18.3 Å². The Labute approximate surface area is 207 Å². The number of hydrogen-bond acceptors (Lipinski definition) is 7. The fraction of sp³-hybridized carbons (Fsp3) is 0.333. The van der Waals surface area contributed by atoms with Gasteiger partial charge in [-0.25, -0.2) is 0 Å². The van der Waals surface area contributed by atoms with Crippen LogP contribution in [0.5, 0.6) is 0 Å². The van der Waals surface area contributed by atoms with Crippen molar-refractivity contribution in [3.63, 3.8) is 0 Å². The molecule has 3 rings (SSSR count). The average molecular weight is 501 g/mol. The van der Waals surface area contributed by atoms with E-state index in [0.29, 0.717) is 0 Å².